The SMILES string of the molecule is Cc1cc(Cl)nc(Cn2c(=O)oc3ccccc32)n1. The summed E-state index contributed by atoms with van der Waals surface area (Å²) in [6, 6.07) is 8.89. The Morgan fingerprint density at radius 2 is 2.11 bits per heavy atom. The van der Waals surface area contributed by atoms with Gasteiger partial charge >= 0.3 is 5.76 Å². The summed E-state index contributed by atoms with van der Waals surface area (Å²) < 4.78 is 6.64. The molecule has 0 aliphatic heterocycles. The Balaban J connectivity index is 2.10. The predicted molar refractivity (Wildman–Crippen MR) is 71.4 cm³/mol. The van der Waals surface area contributed by atoms with Crippen molar-refractivity contribution in [3.8, 4) is 0 Å². The van der Waals surface area contributed by atoms with E-state index in [1.807, 2.05) is 25.1 Å². The van der Waals surface area contributed by atoms with E-state index in [0.29, 0.717) is 22.1 Å². The van der Waals surface area contributed by atoms with E-state index < -0.39 is 5.76 Å². The molecular formula is C13H10ClN3O2. The second-order valence-corrected chi connectivity index (χ2v) is 4.56. The quantitative estimate of drug-likeness (QED) is 0.674. The number of benzene rings is 1. The van der Waals surface area contributed by atoms with E-state index in [1.165, 1.54) is 4.57 Å². The van der Waals surface area contributed by atoms with Crippen LogP contribution in [0.4, 0.5) is 0 Å². The molecule has 0 unspecified atom stereocenters. The molecule has 0 fully saturated rings. The van der Waals surface area contributed by atoms with Crippen molar-refractivity contribution in [2.45, 2.75) is 13.5 Å². The van der Waals surface area contributed by atoms with Crippen molar-refractivity contribution in [3.63, 3.8) is 0 Å². The van der Waals surface area contributed by atoms with Gasteiger partial charge in [0.05, 0.1) is 12.1 Å². The zero-order valence-corrected chi connectivity index (χ0v) is 10.9. The molecule has 3 aromatic rings. The van der Waals surface area contributed by atoms with Crippen LogP contribution in [-0.4, -0.2) is 14.5 Å². The van der Waals surface area contributed by atoms with Gasteiger partial charge in [0.2, 0.25) is 0 Å². The van der Waals surface area contributed by atoms with Crippen molar-refractivity contribution in [1.82, 2.24) is 14.5 Å². The summed E-state index contributed by atoms with van der Waals surface area (Å²) in [5.41, 5.74) is 2.02. The summed E-state index contributed by atoms with van der Waals surface area (Å²) in [7, 11) is 0. The minimum absolute atomic E-state index is 0.233. The van der Waals surface area contributed by atoms with E-state index >= 15 is 0 Å². The van der Waals surface area contributed by atoms with Gasteiger partial charge in [0.15, 0.2) is 5.58 Å². The van der Waals surface area contributed by atoms with Crippen molar-refractivity contribution >= 4 is 22.7 Å². The molecule has 1 aromatic carbocycles. The van der Waals surface area contributed by atoms with Crippen molar-refractivity contribution in [3.05, 3.63) is 57.6 Å². The lowest BCUT2D eigenvalue weighted by molar-refractivity contribution is 0.513. The zero-order valence-electron chi connectivity index (χ0n) is 10.1. The Morgan fingerprint density at radius 3 is 2.89 bits per heavy atom. The second kappa shape index (κ2) is 4.51. The van der Waals surface area contributed by atoms with Crippen LogP contribution in [-0.2, 0) is 6.54 Å². The summed E-state index contributed by atoms with van der Waals surface area (Å²) in [4.78, 5) is 20.2. The highest BCUT2D eigenvalue weighted by molar-refractivity contribution is 6.29. The molecule has 0 aliphatic rings. The first kappa shape index (κ1) is 11.9. The Morgan fingerprint density at radius 1 is 1.32 bits per heavy atom. The minimum Gasteiger partial charge on any atom is -0.408 e. The van der Waals surface area contributed by atoms with Gasteiger partial charge in [-0.15, -0.1) is 0 Å². The molecule has 3 rings (SSSR count). The van der Waals surface area contributed by atoms with Gasteiger partial charge < -0.3 is 4.42 Å². The van der Waals surface area contributed by atoms with Crippen LogP contribution >= 0.6 is 11.6 Å². The Hall–Kier alpha value is -2.14. The van der Waals surface area contributed by atoms with Crippen molar-refractivity contribution < 1.29 is 4.42 Å². The Bertz CT molecular complexity index is 787. The summed E-state index contributed by atoms with van der Waals surface area (Å²) in [5.74, 6) is 0.0566. The van der Waals surface area contributed by atoms with Gasteiger partial charge in [0, 0.05) is 5.69 Å². The third-order valence-corrected chi connectivity index (χ3v) is 2.94. The summed E-state index contributed by atoms with van der Waals surface area (Å²) in [6.07, 6.45) is 0. The second-order valence-electron chi connectivity index (χ2n) is 4.17. The van der Waals surface area contributed by atoms with Crippen LogP contribution in [0.2, 0.25) is 5.15 Å². The molecule has 96 valence electrons. The summed E-state index contributed by atoms with van der Waals surface area (Å²) in [5, 5.41) is 0.364. The van der Waals surface area contributed by atoms with E-state index in [4.69, 9.17) is 16.0 Å². The number of halogens is 1. The standard InChI is InChI=1S/C13H10ClN3O2/c1-8-6-11(14)16-12(15-8)7-17-9-4-2-3-5-10(9)19-13(17)18/h2-6H,7H2,1H3. The number of para-hydroxylation sites is 2. The van der Waals surface area contributed by atoms with Gasteiger partial charge in [-0.3, -0.25) is 4.57 Å². The van der Waals surface area contributed by atoms with Gasteiger partial charge in [0.1, 0.15) is 11.0 Å². The molecular weight excluding hydrogens is 266 g/mol. The van der Waals surface area contributed by atoms with Crippen LogP contribution in [0.5, 0.6) is 0 Å². The van der Waals surface area contributed by atoms with Crippen molar-refractivity contribution in [2.75, 3.05) is 0 Å². The number of aromatic nitrogens is 3. The van der Waals surface area contributed by atoms with Gasteiger partial charge in [0.25, 0.3) is 0 Å². The number of rotatable bonds is 2. The summed E-state index contributed by atoms with van der Waals surface area (Å²) in [6.45, 7) is 2.06. The largest absolute Gasteiger partial charge is 0.420 e. The fourth-order valence-corrected chi connectivity index (χ4v) is 2.22. The minimum atomic E-state index is -0.428. The molecule has 0 amide bonds. The lowest BCUT2D eigenvalue weighted by Crippen LogP contribution is -2.16. The van der Waals surface area contributed by atoms with Gasteiger partial charge in [-0.1, -0.05) is 23.7 Å². The molecule has 0 saturated carbocycles. The van der Waals surface area contributed by atoms with Crippen LogP contribution in [0.25, 0.3) is 11.1 Å². The number of nitrogens with zero attached hydrogens (tertiary/aromatic N) is 3. The van der Waals surface area contributed by atoms with Crippen LogP contribution in [0.1, 0.15) is 11.5 Å². The molecule has 19 heavy (non-hydrogen) atoms. The van der Waals surface area contributed by atoms with E-state index in [2.05, 4.69) is 9.97 Å². The van der Waals surface area contributed by atoms with Gasteiger partial charge in [-0.2, -0.15) is 0 Å². The van der Waals surface area contributed by atoms with E-state index in [0.717, 1.165) is 5.69 Å². The smallest absolute Gasteiger partial charge is 0.408 e. The highest BCUT2D eigenvalue weighted by atomic mass is 35.5. The topological polar surface area (TPSA) is 60.9 Å². The maximum atomic E-state index is 11.8. The molecule has 2 aromatic heterocycles. The van der Waals surface area contributed by atoms with Crippen LogP contribution in [0.15, 0.2) is 39.5 Å². The number of aryl methyl sites for hydroxylation is 1. The average molecular weight is 276 g/mol. The lowest BCUT2D eigenvalue weighted by atomic mass is 10.3. The maximum absolute atomic E-state index is 11.8. The lowest BCUT2D eigenvalue weighted by Gasteiger charge is -2.03. The molecule has 0 radical (unpaired) electrons. The van der Waals surface area contributed by atoms with E-state index in [-0.39, 0.29) is 6.54 Å². The first-order valence-electron chi connectivity index (χ1n) is 5.72. The molecule has 0 atom stereocenters. The molecule has 2 heterocycles. The van der Waals surface area contributed by atoms with E-state index in [1.54, 1.807) is 12.1 Å². The normalized spacial score (nSPS) is 11.1. The van der Waals surface area contributed by atoms with Crippen molar-refractivity contribution in [1.29, 1.82) is 0 Å². The molecule has 6 heteroatoms. The zero-order chi connectivity index (χ0) is 13.4. The number of fused-ring (bicyclic) bond motifs is 1. The highest BCUT2D eigenvalue weighted by Gasteiger charge is 2.10. The Labute approximate surface area is 113 Å². The van der Waals surface area contributed by atoms with Gasteiger partial charge in [-0.05, 0) is 25.1 Å². The summed E-state index contributed by atoms with van der Waals surface area (Å²) >= 11 is 5.89. The fourth-order valence-electron chi connectivity index (χ4n) is 1.96. The number of hydrogen-bond acceptors (Lipinski definition) is 4. The number of oxazole rings is 1. The van der Waals surface area contributed by atoms with Crippen LogP contribution in [0, 0.1) is 6.92 Å². The Kier molecular flexibility index (Phi) is 2.83. The fraction of sp³-hybridized carbons (Fsp3) is 0.154. The molecule has 0 aliphatic carbocycles. The number of hydrogen-bond donors (Lipinski definition) is 0. The third-order valence-electron chi connectivity index (χ3n) is 2.74. The molecule has 0 bridgehead atoms. The van der Waals surface area contributed by atoms with Crippen LogP contribution < -0.4 is 5.76 Å². The first-order chi connectivity index (χ1) is 9.13. The van der Waals surface area contributed by atoms with E-state index in [9.17, 15) is 4.79 Å². The molecule has 0 N–H and O–H groups in total. The third kappa shape index (κ3) is 2.24. The highest BCUT2D eigenvalue weighted by Crippen LogP contribution is 2.13. The monoisotopic (exact) mass is 275 g/mol. The van der Waals surface area contributed by atoms with Crippen molar-refractivity contribution in [2.24, 2.45) is 0 Å². The molecule has 5 nitrogen and oxygen atoms in total. The maximum Gasteiger partial charge on any atom is 0.420 e. The average Bonchev–Trinajstić information content (AvgIpc) is 2.65. The van der Waals surface area contributed by atoms with Gasteiger partial charge in [-0.25, -0.2) is 14.8 Å². The molecule has 0 spiro atoms. The first-order valence-corrected chi connectivity index (χ1v) is 6.10. The molecule has 0 saturated heterocycles. The predicted octanol–water partition coefficient (Wildman–Crippen LogP) is 2.39. The van der Waals surface area contributed by atoms with Crippen LogP contribution in [0.3, 0.4) is 0 Å².